The lowest BCUT2D eigenvalue weighted by Crippen LogP contribution is -2.51. The second-order valence-electron chi connectivity index (χ2n) is 5.95. The summed E-state index contributed by atoms with van der Waals surface area (Å²) < 4.78 is 5.32. The number of anilines is 1. The number of nitrogens with one attached hydrogen (secondary N) is 1. The first-order chi connectivity index (χ1) is 11.1. The molecule has 1 fully saturated rings. The van der Waals surface area contributed by atoms with Gasteiger partial charge in [-0.1, -0.05) is 18.2 Å². The van der Waals surface area contributed by atoms with Gasteiger partial charge >= 0.3 is 0 Å². The smallest absolute Gasteiger partial charge is 0.169 e. The van der Waals surface area contributed by atoms with Crippen LogP contribution in [0, 0.1) is 13.8 Å². The van der Waals surface area contributed by atoms with Crippen molar-refractivity contribution >= 4 is 23.0 Å². The minimum absolute atomic E-state index is 0.642. The van der Waals surface area contributed by atoms with Crippen LogP contribution in [0.5, 0.6) is 0 Å². The van der Waals surface area contributed by atoms with Gasteiger partial charge in [-0.25, -0.2) is 0 Å². The molecule has 23 heavy (non-hydrogen) atoms. The van der Waals surface area contributed by atoms with Crippen molar-refractivity contribution in [3.63, 3.8) is 0 Å². The first-order valence-corrected chi connectivity index (χ1v) is 8.42. The molecule has 1 aromatic heterocycles. The molecule has 1 aliphatic rings. The minimum atomic E-state index is 0.642. The van der Waals surface area contributed by atoms with Gasteiger partial charge in [-0.15, -0.1) is 0 Å². The summed E-state index contributed by atoms with van der Waals surface area (Å²) in [6, 6.07) is 10.3. The number of thiocarbonyl (C=S) groups is 1. The Kier molecular flexibility index (Phi) is 4.86. The van der Waals surface area contributed by atoms with E-state index in [0.29, 0.717) is 6.54 Å². The fourth-order valence-corrected chi connectivity index (χ4v) is 3.38. The third kappa shape index (κ3) is 3.67. The number of para-hydroxylation sites is 1. The summed E-state index contributed by atoms with van der Waals surface area (Å²) in [6.07, 6.45) is 1.68. The third-order valence-corrected chi connectivity index (χ3v) is 4.72. The van der Waals surface area contributed by atoms with Crippen molar-refractivity contribution in [1.29, 1.82) is 0 Å². The van der Waals surface area contributed by atoms with E-state index in [4.69, 9.17) is 16.6 Å². The highest BCUT2D eigenvalue weighted by Gasteiger charge is 2.21. The highest BCUT2D eigenvalue weighted by molar-refractivity contribution is 7.80. The topological polar surface area (TPSA) is 31.6 Å². The molecule has 0 unspecified atom stereocenters. The van der Waals surface area contributed by atoms with E-state index >= 15 is 0 Å². The van der Waals surface area contributed by atoms with Crippen molar-refractivity contribution in [2.75, 3.05) is 31.1 Å². The van der Waals surface area contributed by atoms with Crippen LogP contribution in [0.25, 0.3) is 0 Å². The van der Waals surface area contributed by atoms with Gasteiger partial charge in [-0.3, -0.25) is 0 Å². The van der Waals surface area contributed by atoms with E-state index < -0.39 is 0 Å². The van der Waals surface area contributed by atoms with Gasteiger partial charge < -0.3 is 19.5 Å². The lowest BCUT2D eigenvalue weighted by atomic mass is 10.1. The van der Waals surface area contributed by atoms with Gasteiger partial charge in [0.25, 0.3) is 0 Å². The summed E-state index contributed by atoms with van der Waals surface area (Å²) in [5, 5.41) is 4.09. The van der Waals surface area contributed by atoms with Gasteiger partial charge in [0.05, 0.1) is 12.8 Å². The maximum Gasteiger partial charge on any atom is 0.169 e. The maximum absolute atomic E-state index is 5.51. The second-order valence-corrected chi connectivity index (χ2v) is 6.34. The van der Waals surface area contributed by atoms with E-state index in [0.717, 1.165) is 37.1 Å². The van der Waals surface area contributed by atoms with Crippen LogP contribution in [-0.2, 0) is 6.54 Å². The zero-order valence-corrected chi connectivity index (χ0v) is 14.5. The van der Waals surface area contributed by atoms with E-state index in [9.17, 15) is 0 Å². The molecule has 0 amide bonds. The maximum atomic E-state index is 5.51. The molecule has 0 radical (unpaired) electrons. The molecule has 0 saturated carbocycles. The molecule has 3 rings (SSSR count). The van der Waals surface area contributed by atoms with Crippen molar-refractivity contribution in [2.45, 2.75) is 20.4 Å². The number of furan rings is 1. The first kappa shape index (κ1) is 15.9. The molecule has 4 nitrogen and oxygen atoms in total. The Hall–Kier alpha value is -2.01. The Labute approximate surface area is 143 Å². The largest absolute Gasteiger partial charge is 0.467 e. The van der Waals surface area contributed by atoms with Crippen LogP contribution in [0.4, 0.5) is 5.69 Å². The monoisotopic (exact) mass is 329 g/mol. The number of rotatable bonds is 3. The number of nitrogens with zero attached hydrogens (tertiary/aromatic N) is 2. The third-order valence-electron chi connectivity index (χ3n) is 4.32. The molecular formula is C18H23N3OS. The summed E-state index contributed by atoms with van der Waals surface area (Å²) in [7, 11) is 0. The Morgan fingerprint density at radius 2 is 1.78 bits per heavy atom. The van der Waals surface area contributed by atoms with E-state index in [1.165, 1.54) is 16.8 Å². The second kappa shape index (κ2) is 7.04. The number of hydrogen-bond acceptors (Lipinski definition) is 3. The van der Waals surface area contributed by atoms with Crippen molar-refractivity contribution in [3.05, 3.63) is 53.5 Å². The molecular weight excluding hydrogens is 306 g/mol. The zero-order chi connectivity index (χ0) is 16.2. The molecule has 122 valence electrons. The van der Waals surface area contributed by atoms with Crippen LogP contribution >= 0.6 is 12.2 Å². The molecule has 2 aromatic rings. The SMILES string of the molecule is Cc1cccc(C)c1N1CCN(C(=S)NCc2ccco2)CC1. The average Bonchev–Trinajstić information content (AvgIpc) is 3.06. The predicted molar refractivity (Wildman–Crippen MR) is 97.8 cm³/mol. The highest BCUT2D eigenvalue weighted by Crippen LogP contribution is 2.25. The van der Waals surface area contributed by atoms with Gasteiger partial charge in [-0.2, -0.15) is 0 Å². The summed E-state index contributed by atoms with van der Waals surface area (Å²) >= 11 is 5.51. The zero-order valence-electron chi connectivity index (χ0n) is 13.7. The molecule has 1 aliphatic heterocycles. The molecule has 1 N–H and O–H groups in total. The van der Waals surface area contributed by atoms with Gasteiger partial charge in [0.2, 0.25) is 0 Å². The van der Waals surface area contributed by atoms with Gasteiger partial charge in [-0.05, 0) is 49.3 Å². The number of benzene rings is 1. The Morgan fingerprint density at radius 1 is 1.09 bits per heavy atom. The van der Waals surface area contributed by atoms with Gasteiger partial charge in [0.1, 0.15) is 5.76 Å². The molecule has 5 heteroatoms. The quantitative estimate of drug-likeness (QED) is 0.875. The number of piperazine rings is 1. The molecule has 0 atom stereocenters. The van der Waals surface area contributed by atoms with E-state index in [1.54, 1.807) is 6.26 Å². The van der Waals surface area contributed by atoms with Crippen molar-refractivity contribution in [1.82, 2.24) is 10.2 Å². The van der Waals surface area contributed by atoms with Crippen molar-refractivity contribution in [2.24, 2.45) is 0 Å². The summed E-state index contributed by atoms with van der Waals surface area (Å²) in [4.78, 5) is 4.71. The van der Waals surface area contributed by atoms with E-state index in [1.807, 2.05) is 12.1 Å². The average molecular weight is 329 g/mol. The van der Waals surface area contributed by atoms with Crippen molar-refractivity contribution < 1.29 is 4.42 Å². The molecule has 1 saturated heterocycles. The lowest BCUT2D eigenvalue weighted by molar-refractivity contribution is 0.377. The summed E-state index contributed by atoms with van der Waals surface area (Å²) in [5.41, 5.74) is 4.07. The Morgan fingerprint density at radius 3 is 2.39 bits per heavy atom. The van der Waals surface area contributed by atoms with Crippen LogP contribution in [0.15, 0.2) is 41.0 Å². The molecule has 2 heterocycles. The van der Waals surface area contributed by atoms with E-state index in [-0.39, 0.29) is 0 Å². The molecule has 0 spiro atoms. The van der Waals surface area contributed by atoms with Crippen LogP contribution in [-0.4, -0.2) is 36.2 Å². The highest BCUT2D eigenvalue weighted by atomic mass is 32.1. The number of hydrogen-bond donors (Lipinski definition) is 1. The molecule has 1 aromatic carbocycles. The van der Waals surface area contributed by atoms with Crippen LogP contribution in [0.3, 0.4) is 0 Å². The van der Waals surface area contributed by atoms with Crippen LogP contribution < -0.4 is 10.2 Å². The van der Waals surface area contributed by atoms with Crippen LogP contribution in [0.1, 0.15) is 16.9 Å². The summed E-state index contributed by atoms with van der Waals surface area (Å²) in [5.74, 6) is 0.904. The fourth-order valence-electron chi connectivity index (χ4n) is 3.13. The molecule has 0 aliphatic carbocycles. The Bertz CT molecular complexity index is 641. The predicted octanol–water partition coefficient (Wildman–Crippen LogP) is 3.09. The first-order valence-electron chi connectivity index (χ1n) is 8.01. The lowest BCUT2D eigenvalue weighted by Gasteiger charge is -2.38. The normalized spacial score (nSPS) is 14.9. The van der Waals surface area contributed by atoms with Crippen LogP contribution in [0.2, 0.25) is 0 Å². The standard InChI is InChI=1S/C18H23N3OS/c1-14-5-3-6-15(2)17(14)20-8-10-21(11-9-20)18(23)19-13-16-7-4-12-22-16/h3-7,12H,8-11,13H2,1-2H3,(H,19,23). The van der Waals surface area contributed by atoms with Gasteiger partial charge in [0.15, 0.2) is 5.11 Å². The fraction of sp³-hybridized carbons (Fsp3) is 0.389. The van der Waals surface area contributed by atoms with Gasteiger partial charge in [0, 0.05) is 31.9 Å². The molecule has 0 bridgehead atoms. The minimum Gasteiger partial charge on any atom is -0.467 e. The Balaban J connectivity index is 1.55. The van der Waals surface area contributed by atoms with E-state index in [2.05, 4.69) is 47.2 Å². The van der Waals surface area contributed by atoms with Crippen molar-refractivity contribution in [3.8, 4) is 0 Å². The number of aryl methyl sites for hydroxylation is 2. The summed E-state index contributed by atoms with van der Waals surface area (Å²) in [6.45, 7) is 8.88.